The molecule has 1 rings (SSSR count). The Labute approximate surface area is 90.9 Å². The largest absolute Gasteiger partial charge is 0.395 e. The van der Waals surface area contributed by atoms with Crippen molar-refractivity contribution in [1.82, 2.24) is 0 Å². The van der Waals surface area contributed by atoms with Crippen molar-refractivity contribution in [2.45, 2.75) is 33.1 Å². The first kappa shape index (κ1) is 11.9. The van der Waals surface area contributed by atoms with E-state index < -0.39 is 0 Å². The van der Waals surface area contributed by atoms with E-state index in [0.29, 0.717) is 5.56 Å². The van der Waals surface area contributed by atoms with Gasteiger partial charge in [-0.1, -0.05) is 19.9 Å². The molecular formula is C13H18O2. The van der Waals surface area contributed by atoms with Gasteiger partial charge in [0.1, 0.15) is 6.29 Å². The van der Waals surface area contributed by atoms with Crippen molar-refractivity contribution in [1.29, 1.82) is 0 Å². The Kier molecular flexibility index (Phi) is 3.30. The van der Waals surface area contributed by atoms with Crippen molar-refractivity contribution in [2.24, 2.45) is 0 Å². The van der Waals surface area contributed by atoms with Crippen molar-refractivity contribution in [2.75, 3.05) is 6.61 Å². The Balaban J connectivity index is 3.40. The molecule has 0 aliphatic rings. The topological polar surface area (TPSA) is 37.3 Å². The SMILES string of the molecule is Cc1cc(C=O)c(C(C)(C)CO)cc1C. The second kappa shape index (κ2) is 4.15. The maximum atomic E-state index is 11.0. The lowest BCUT2D eigenvalue weighted by molar-refractivity contribution is 0.112. The van der Waals surface area contributed by atoms with Gasteiger partial charge in [-0.15, -0.1) is 0 Å². The predicted molar refractivity (Wildman–Crippen MR) is 61.4 cm³/mol. The summed E-state index contributed by atoms with van der Waals surface area (Å²) in [6.45, 7) is 7.91. The van der Waals surface area contributed by atoms with Gasteiger partial charge in [0.05, 0.1) is 6.61 Å². The Bertz CT molecular complexity index is 378. The molecule has 1 N–H and O–H groups in total. The van der Waals surface area contributed by atoms with Gasteiger partial charge in [-0.05, 0) is 36.6 Å². The van der Waals surface area contributed by atoms with E-state index in [4.69, 9.17) is 0 Å². The zero-order valence-electron chi connectivity index (χ0n) is 9.79. The van der Waals surface area contributed by atoms with Crippen LogP contribution in [0.25, 0.3) is 0 Å². The Morgan fingerprint density at radius 1 is 1.27 bits per heavy atom. The molecule has 82 valence electrons. The molecule has 1 aromatic rings. The van der Waals surface area contributed by atoms with Crippen LogP contribution >= 0.6 is 0 Å². The number of aliphatic hydroxyl groups excluding tert-OH is 1. The van der Waals surface area contributed by atoms with Crippen LogP contribution in [-0.2, 0) is 5.41 Å². The molecule has 0 aliphatic heterocycles. The van der Waals surface area contributed by atoms with Gasteiger partial charge in [-0.2, -0.15) is 0 Å². The summed E-state index contributed by atoms with van der Waals surface area (Å²) >= 11 is 0. The Morgan fingerprint density at radius 2 is 1.80 bits per heavy atom. The number of carbonyl (C=O) groups is 1. The van der Waals surface area contributed by atoms with Crippen LogP contribution in [0.1, 0.15) is 40.9 Å². The third-order valence-electron chi connectivity index (χ3n) is 2.92. The highest BCUT2D eigenvalue weighted by atomic mass is 16.3. The van der Waals surface area contributed by atoms with E-state index in [0.717, 1.165) is 23.0 Å². The van der Waals surface area contributed by atoms with E-state index in [1.807, 2.05) is 39.8 Å². The third kappa shape index (κ3) is 2.26. The molecule has 0 saturated carbocycles. The molecule has 15 heavy (non-hydrogen) atoms. The first-order chi connectivity index (χ1) is 6.92. The van der Waals surface area contributed by atoms with E-state index in [-0.39, 0.29) is 12.0 Å². The normalized spacial score (nSPS) is 11.5. The quantitative estimate of drug-likeness (QED) is 0.771. The monoisotopic (exact) mass is 206 g/mol. The fraction of sp³-hybridized carbons (Fsp3) is 0.462. The summed E-state index contributed by atoms with van der Waals surface area (Å²) in [4.78, 5) is 11.0. The van der Waals surface area contributed by atoms with Crippen molar-refractivity contribution < 1.29 is 9.90 Å². The van der Waals surface area contributed by atoms with E-state index in [9.17, 15) is 9.90 Å². The standard InChI is InChI=1S/C13H18O2/c1-9-5-11(7-14)12(6-10(9)2)13(3,4)8-15/h5-7,15H,8H2,1-4H3. The van der Waals surface area contributed by atoms with Crippen LogP contribution in [0.5, 0.6) is 0 Å². The number of hydrogen-bond donors (Lipinski definition) is 1. The number of aryl methyl sites for hydroxylation is 2. The van der Waals surface area contributed by atoms with Crippen LogP contribution < -0.4 is 0 Å². The first-order valence-electron chi connectivity index (χ1n) is 5.10. The number of hydrogen-bond acceptors (Lipinski definition) is 2. The number of aldehydes is 1. The molecule has 0 spiro atoms. The van der Waals surface area contributed by atoms with E-state index in [1.165, 1.54) is 0 Å². The van der Waals surface area contributed by atoms with Gasteiger partial charge in [0.15, 0.2) is 0 Å². The summed E-state index contributed by atoms with van der Waals surface area (Å²) < 4.78 is 0. The van der Waals surface area contributed by atoms with Gasteiger partial charge in [0, 0.05) is 11.0 Å². The van der Waals surface area contributed by atoms with Crippen LogP contribution in [-0.4, -0.2) is 18.0 Å². The van der Waals surface area contributed by atoms with Crippen LogP contribution in [0.3, 0.4) is 0 Å². The second-order valence-corrected chi connectivity index (χ2v) is 4.68. The van der Waals surface area contributed by atoms with Crippen molar-refractivity contribution in [3.8, 4) is 0 Å². The lowest BCUT2D eigenvalue weighted by Crippen LogP contribution is -2.24. The lowest BCUT2D eigenvalue weighted by Gasteiger charge is -2.25. The number of rotatable bonds is 3. The van der Waals surface area contributed by atoms with Gasteiger partial charge in [-0.25, -0.2) is 0 Å². The highest BCUT2D eigenvalue weighted by molar-refractivity contribution is 5.78. The molecule has 2 heteroatoms. The molecule has 0 saturated heterocycles. The first-order valence-corrected chi connectivity index (χ1v) is 5.10. The average Bonchev–Trinajstić information content (AvgIpc) is 2.21. The minimum Gasteiger partial charge on any atom is -0.395 e. The smallest absolute Gasteiger partial charge is 0.150 e. The summed E-state index contributed by atoms with van der Waals surface area (Å²) in [5.74, 6) is 0. The Morgan fingerprint density at radius 3 is 2.27 bits per heavy atom. The van der Waals surface area contributed by atoms with Gasteiger partial charge < -0.3 is 5.11 Å². The summed E-state index contributed by atoms with van der Waals surface area (Å²) in [5.41, 5.74) is 3.49. The molecule has 0 atom stereocenters. The van der Waals surface area contributed by atoms with Crippen molar-refractivity contribution >= 4 is 6.29 Å². The summed E-state index contributed by atoms with van der Waals surface area (Å²) in [5, 5.41) is 9.31. The van der Waals surface area contributed by atoms with Crippen LogP contribution in [0.15, 0.2) is 12.1 Å². The molecule has 0 aliphatic carbocycles. The molecule has 0 fully saturated rings. The summed E-state index contributed by atoms with van der Waals surface area (Å²) in [7, 11) is 0. The fourth-order valence-electron chi connectivity index (χ4n) is 1.61. The van der Waals surface area contributed by atoms with Gasteiger partial charge in [-0.3, -0.25) is 4.79 Å². The van der Waals surface area contributed by atoms with E-state index >= 15 is 0 Å². The number of carbonyl (C=O) groups excluding carboxylic acids is 1. The highest BCUT2D eigenvalue weighted by Crippen LogP contribution is 2.27. The van der Waals surface area contributed by atoms with Gasteiger partial charge in [0.25, 0.3) is 0 Å². The molecule has 0 radical (unpaired) electrons. The summed E-state index contributed by atoms with van der Waals surface area (Å²) in [6.07, 6.45) is 0.860. The van der Waals surface area contributed by atoms with E-state index in [1.54, 1.807) is 0 Å². The van der Waals surface area contributed by atoms with Crippen LogP contribution in [0.4, 0.5) is 0 Å². The molecular weight excluding hydrogens is 188 g/mol. The Hall–Kier alpha value is -1.15. The molecule has 1 aromatic carbocycles. The lowest BCUT2D eigenvalue weighted by atomic mass is 9.81. The molecule has 0 heterocycles. The van der Waals surface area contributed by atoms with Crippen LogP contribution in [0, 0.1) is 13.8 Å². The van der Waals surface area contributed by atoms with Crippen molar-refractivity contribution in [3.05, 3.63) is 34.4 Å². The minimum atomic E-state index is -0.366. The number of benzene rings is 1. The highest BCUT2D eigenvalue weighted by Gasteiger charge is 2.23. The fourth-order valence-corrected chi connectivity index (χ4v) is 1.61. The average molecular weight is 206 g/mol. The maximum absolute atomic E-state index is 11.0. The zero-order valence-corrected chi connectivity index (χ0v) is 9.79. The van der Waals surface area contributed by atoms with Gasteiger partial charge >= 0.3 is 0 Å². The third-order valence-corrected chi connectivity index (χ3v) is 2.92. The zero-order chi connectivity index (χ0) is 11.6. The van der Waals surface area contributed by atoms with Crippen molar-refractivity contribution in [3.63, 3.8) is 0 Å². The second-order valence-electron chi connectivity index (χ2n) is 4.68. The van der Waals surface area contributed by atoms with E-state index in [2.05, 4.69) is 0 Å². The number of aliphatic hydroxyl groups is 1. The molecule has 0 bridgehead atoms. The minimum absolute atomic E-state index is 0.0380. The van der Waals surface area contributed by atoms with Gasteiger partial charge in [0.2, 0.25) is 0 Å². The maximum Gasteiger partial charge on any atom is 0.150 e. The molecule has 0 amide bonds. The predicted octanol–water partition coefficient (Wildman–Crippen LogP) is 2.39. The molecule has 0 aromatic heterocycles. The van der Waals surface area contributed by atoms with Crippen LogP contribution in [0.2, 0.25) is 0 Å². The molecule has 0 unspecified atom stereocenters. The molecule has 2 nitrogen and oxygen atoms in total. The summed E-state index contributed by atoms with van der Waals surface area (Å²) in [6, 6.07) is 3.88.